The smallest absolute Gasteiger partial charge is 0.250 e. The van der Waals surface area contributed by atoms with Gasteiger partial charge in [-0.15, -0.1) is 11.3 Å². The van der Waals surface area contributed by atoms with Crippen molar-refractivity contribution in [2.24, 2.45) is 0 Å². The summed E-state index contributed by atoms with van der Waals surface area (Å²) in [4.78, 5) is 0. The van der Waals surface area contributed by atoms with Crippen molar-refractivity contribution in [3.63, 3.8) is 0 Å². The molecule has 0 fully saturated rings. The molecule has 0 aliphatic carbocycles. The quantitative estimate of drug-likeness (QED) is 0.561. The Labute approximate surface area is 130 Å². The van der Waals surface area contributed by atoms with Crippen LogP contribution in [0.3, 0.4) is 0 Å². The van der Waals surface area contributed by atoms with Crippen LogP contribution in [0.1, 0.15) is 18.9 Å². The largest absolute Gasteiger partial charge is 0.382 e. The molecule has 122 valence electrons. The summed E-state index contributed by atoms with van der Waals surface area (Å²) in [6.45, 7) is 5.27. The molecule has 0 saturated carbocycles. The fourth-order valence-electron chi connectivity index (χ4n) is 1.56. The highest BCUT2D eigenvalue weighted by Gasteiger charge is 2.15. The van der Waals surface area contributed by atoms with Gasteiger partial charge in [-0.3, -0.25) is 0 Å². The van der Waals surface area contributed by atoms with Crippen molar-refractivity contribution in [3.05, 3.63) is 17.0 Å². The van der Waals surface area contributed by atoms with E-state index in [-0.39, 0.29) is 6.54 Å². The third-order valence-corrected chi connectivity index (χ3v) is 5.57. The molecule has 0 radical (unpaired) electrons. The zero-order chi connectivity index (χ0) is 15.6. The Morgan fingerprint density at radius 2 is 2.05 bits per heavy atom. The molecule has 1 aromatic heterocycles. The minimum Gasteiger partial charge on any atom is -0.382 e. The lowest BCUT2D eigenvalue weighted by atomic mass is 10.3. The van der Waals surface area contributed by atoms with E-state index in [2.05, 4.69) is 17.0 Å². The van der Waals surface area contributed by atoms with Crippen LogP contribution in [0.25, 0.3) is 0 Å². The van der Waals surface area contributed by atoms with Crippen molar-refractivity contribution in [2.75, 3.05) is 40.0 Å². The van der Waals surface area contributed by atoms with Gasteiger partial charge in [0, 0.05) is 20.2 Å². The molecule has 0 aromatic carbocycles. The van der Waals surface area contributed by atoms with Crippen LogP contribution in [0.4, 0.5) is 0 Å². The maximum atomic E-state index is 12.1. The first kappa shape index (κ1) is 18.5. The molecule has 0 saturated heterocycles. The minimum atomic E-state index is -3.43. The molecule has 1 heterocycles. The molecule has 1 rings (SSSR count). The number of hydrogen-bond donors (Lipinski definition) is 2. The predicted molar refractivity (Wildman–Crippen MR) is 84.2 cm³/mol. The van der Waals surface area contributed by atoms with E-state index in [1.807, 2.05) is 5.38 Å². The van der Waals surface area contributed by atoms with Gasteiger partial charge in [0.25, 0.3) is 0 Å². The summed E-state index contributed by atoms with van der Waals surface area (Å²) in [6, 6.07) is 1.71. The topological polar surface area (TPSA) is 76.7 Å². The highest BCUT2D eigenvalue weighted by Crippen LogP contribution is 2.19. The van der Waals surface area contributed by atoms with Gasteiger partial charge in [-0.1, -0.05) is 6.92 Å². The number of ether oxygens (including phenoxy) is 2. The monoisotopic (exact) mass is 336 g/mol. The molecule has 21 heavy (non-hydrogen) atoms. The molecule has 0 unspecified atom stereocenters. The highest BCUT2D eigenvalue weighted by atomic mass is 32.2. The van der Waals surface area contributed by atoms with Crippen molar-refractivity contribution in [1.29, 1.82) is 0 Å². The maximum Gasteiger partial charge on any atom is 0.250 e. The van der Waals surface area contributed by atoms with Gasteiger partial charge in [0.1, 0.15) is 4.21 Å². The normalized spacial score (nSPS) is 11.9. The number of methoxy groups -OCH3 is 1. The summed E-state index contributed by atoms with van der Waals surface area (Å²) in [7, 11) is -1.84. The third kappa shape index (κ3) is 7.35. The van der Waals surface area contributed by atoms with Gasteiger partial charge in [-0.25, -0.2) is 13.1 Å². The summed E-state index contributed by atoms with van der Waals surface area (Å²) < 4.78 is 37.0. The van der Waals surface area contributed by atoms with E-state index in [4.69, 9.17) is 9.47 Å². The zero-order valence-corrected chi connectivity index (χ0v) is 14.2. The maximum absolute atomic E-state index is 12.1. The lowest BCUT2D eigenvalue weighted by molar-refractivity contribution is 0.0736. The number of hydrogen-bond acceptors (Lipinski definition) is 6. The summed E-state index contributed by atoms with van der Waals surface area (Å²) in [6.07, 6.45) is 1.06. The lowest BCUT2D eigenvalue weighted by Gasteiger charge is -2.05. The number of sulfonamides is 1. The molecule has 1 aromatic rings. The number of rotatable bonds is 12. The van der Waals surface area contributed by atoms with Crippen molar-refractivity contribution in [3.8, 4) is 0 Å². The molecule has 8 heteroatoms. The Morgan fingerprint density at radius 3 is 2.76 bits per heavy atom. The van der Waals surface area contributed by atoms with Gasteiger partial charge < -0.3 is 14.8 Å². The molecular weight excluding hydrogens is 312 g/mol. The molecule has 2 N–H and O–H groups in total. The van der Waals surface area contributed by atoms with Crippen LogP contribution >= 0.6 is 11.3 Å². The SMILES string of the molecule is CCCNCc1csc(S(=O)(=O)NCCOCCOC)c1. The molecule has 0 aliphatic rings. The third-order valence-electron chi connectivity index (χ3n) is 2.62. The van der Waals surface area contributed by atoms with Crippen LogP contribution in [0.2, 0.25) is 0 Å². The predicted octanol–water partition coefficient (Wildman–Crippen LogP) is 1.19. The first-order valence-electron chi connectivity index (χ1n) is 6.94. The Kier molecular flexibility index (Phi) is 9.05. The molecule has 0 bridgehead atoms. The summed E-state index contributed by atoms with van der Waals surface area (Å²) in [5.74, 6) is 0. The average molecular weight is 336 g/mol. The van der Waals surface area contributed by atoms with Crippen LogP contribution in [0.15, 0.2) is 15.7 Å². The van der Waals surface area contributed by atoms with E-state index in [1.165, 1.54) is 11.3 Å². The lowest BCUT2D eigenvalue weighted by Crippen LogP contribution is -2.27. The van der Waals surface area contributed by atoms with Gasteiger partial charge in [0.15, 0.2) is 0 Å². The Bertz CT molecular complexity index is 488. The van der Waals surface area contributed by atoms with Crippen LogP contribution in [-0.4, -0.2) is 48.4 Å². The van der Waals surface area contributed by atoms with Crippen molar-refractivity contribution in [1.82, 2.24) is 10.0 Å². The second-order valence-corrected chi connectivity index (χ2v) is 7.36. The average Bonchev–Trinajstić information content (AvgIpc) is 2.93. The van der Waals surface area contributed by atoms with E-state index in [0.717, 1.165) is 18.5 Å². The Hall–Kier alpha value is -0.510. The van der Waals surface area contributed by atoms with Crippen LogP contribution in [0.5, 0.6) is 0 Å². The van der Waals surface area contributed by atoms with Gasteiger partial charge in [0.05, 0.1) is 19.8 Å². The second-order valence-electron chi connectivity index (χ2n) is 4.45. The van der Waals surface area contributed by atoms with Crippen LogP contribution < -0.4 is 10.0 Å². The fraction of sp³-hybridized carbons (Fsp3) is 0.692. The van der Waals surface area contributed by atoms with E-state index in [9.17, 15) is 8.42 Å². The Morgan fingerprint density at radius 1 is 1.24 bits per heavy atom. The van der Waals surface area contributed by atoms with Crippen molar-refractivity contribution < 1.29 is 17.9 Å². The molecule has 0 amide bonds. The first-order chi connectivity index (χ1) is 10.1. The van der Waals surface area contributed by atoms with Crippen LogP contribution in [-0.2, 0) is 26.0 Å². The van der Waals surface area contributed by atoms with Crippen LogP contribution in [0, 0.1) is 0 Å². The molecular formula is C13H24N2O4S2. The standard InChI is InChI=1S/C13H24N2O4S2/c1-3-4-14-10-12-9-13(20-11-12)21(16,17)15-5-6-19-8-7-18-2/h9,11,14-15H,3-8,10H2,1-2H3. The summed E-state index contributed by atoms with van der Waals surface area (Å²) >= 11 is 1.24. The molecule has 0 aliphatic heterocycles. The second kappa shape index (κ2) is 10.3. The Balaban J connectivity index is 2.36. The van der Waals surface area contributed by atoms with Gasteiger partial charge in [-0.2, -0.15) is 0 Å². The van der Waals surface area contributed by atoms with E-state index in [0.29, 0.717) is 30.6 Å². The first-order valence-corrected chi connectivity index (χ1v) is 9.31. The molecule has 0 spiro atoms. The van der Waals surface area contributed by atoms with E-state index in [1.54, 1.807) is 13.2 Å². The number of nitrogens with one attached hydrogen (secondary N) is 2. The van der Waals surface area contributed by atoms with Gasteiger partial charge in [-0.05, 0) is 30.0 Å². The van der Waals surface area contributed by atoms with Gasteiger partial charge in [0.2, 0.25) is 10.0 Å². The van der Waals surface area contributed by atoms with E-state index < -0.39 is 10.0 Å². The van der Waals surface area contributed by atoms with Crippen molar-refractivity contribution in [2.45, 2.75) is 24.1 Å². The minimum absolute atomic E-state index is 0.257. The number of thiophene rings is 1. The highest BCUT2D eigenvalue weighted by molar-refractivity contribution is 7.91. The molecule has 0 atom stereocenters. The zero-order valence-electron chi connectivity index (χ0n) is 12.6. The summed E-state index contributed by atoms with van der Waals surface area (Å²) in [5.41, 5.74) is 0.991. The summed E-state index contributed by atoms with van der Waals surface area (Å²) in [5, 5.41) is 5.11. The van der Waals surface area contributed by atoms with E-state index >= 15 is 0 Å². The van der Waals surface area contributed by atoms with Gasteiger partial charge >= 0.3 is 0 Å². The van der Waals surface area contributed by atoms with Crippen molar-refractivity contribution >= 4 is 21.4 Å². The fourth-order valence-corrected chi connectivity index (χ4v) is 3.83. The molecule has 6 nitrogen and oxygen atoms in total.